The van der Waals surface area contributed by atoms with Gasteiger partial charge in [0.05, 0.1) is 39.4 Å². The maximum atomic E-state index is 13.7. The molecule has 2 atom stereocenters. The molecule has 0 saturated carbocycles. The lowest BCUT2D eigenvalue weighted by Crippen LogP contribution is -2.36. The first kappa shape index (κ1) is 24.4. The molecule has 1 aliphatic carbocycles. The van der Waals surface area contributed by atoms with E-state index in [0.717, 1.165) is 17.0 Å². The SMILES string of the molecule is CCOC(=O)C1=C(C)NC2=C(C(=O)CC(c3ccc(OC)cc3)C2)C1c1cc(OC)ccc1OC. The lowest BCUT2D eigenvalue weighted by atomic mass is 9.71. The Bertz CT molecular complexity index is 1190. The fourth-order valence-electron chi connectivity index (χ4n) is 5.01. The molecule has 0 saturated heterocycles. The van der Waals surface area contributed by atoms with Crippen LogP contribution in [0.25, 0.3) is 0 Å². The van der Waals surface area contributed by atoms with Crippen molar-refractivity contribution in [2.45, 2.75) is 38.5 Å². The summed E-state index contributed by atoms with van der Waals surface area (Å²) in [6.07, 6.45) is 0.981. The molecule has 1 heterocycles. The topological polar surface area (TPSA) is 83.1 Å². The summed E-state index contributed by atoms with van der Waals surface area (Å²) in [5, 5.41) is 3.37. The third-order valence-corrected chi connectivity index (χ3v) is 6.66. The summed E-state index contributed by atoms with van der Waals surface area (Å²) in [4.78, 5) is 26.9. The van der Waals surface area contributed by atoms with Crippen LogP contribution in [0.2, 0.25) is 0 Å². The van der Waals surface area contributed by atoms with E-state index in [9.17, 15) is 9.59 Å². The van der Waals surface area contributed by atoms with Crippen LogP contribution in [0.4, 0.5) is 0 Å². The zero-order valence-corrected chi connectivity index (χ0v) is 20.8. The number of allylic oxidation sites excluding steroid dienone is 3. The Hall–Kier alpha value is -3.74. The first-order valence-corrected chi connectivity index (χ1v) is 11.7. The number of carbonyl (C=O) groups excluding carboxylic acids is 2. The van der Waals surface area contributed by atoms with E-state index >= 15 is 0 Å². The van der Waals surface area contributed by atoms with E-state index in [1.165, 1.54) is 0 Å². The summed E-state index contributed by atoms with van der Waals surface area (Å²) >= 11 is 0. The van der Waals surface area contributed by atoms with Crippen LogP contribution in [-0.2, 0) is 14.3 Å². The smallest absolute Gasteiger partial charge is 0.336 e. The van der Waals surface area contributed by atoms with Crippen LogP contribution < -0.4 is 19.5 Å². The molecule has 184 valence electrons. The first-order chi connectivity index (χ1) is 16.9. The molecule has 2 aromatic carbocycles. The monoisotopic (exact) mass is 477 g/mol. The van der Waals surface area contributed by atoms with E-state index < -0.39 is 11.9 Å². The number of dihydropyridines is 1. The fourth-order valence-corrected chi connectivity index (χ4v) is 5.01. The van der Waals surface area contributed by atoms with Gasteiger partial charge in [0.15, 0.2) is 5.78 Å². The Labute approximate surface area is 205 Å². The van der Waals surface area contributed by atoms with Crippen molar-refractivity contribution >= 4 is 11.8 Å². The lowest BCUT2D eigenvalue weighted by molar-refractivity contribution is -0.138. The van der Waals surface area contributed by atoms with Crippen molar-refractivity contribution in [2.75, 3.05) is 27.9 Å². The minimum absolute atomic E-state index is 0.0104. The molecule has 0 fully saturated rings. The van der Waals surface area contributed by atoms with Gasteiger partial charge in [-0.1, -0.05) is 12.1 Å². The molecule has 35 heavy (non-hydrogen) atoms. The van der Waals surface area contributed by atoms with E-state index in [4.69, 9.17) is 18.9 Å². The van der Waals surface area contributed by atoms with Crippen molar-refractivity contribution in [3.8, 4) is 17.2 Å². The number of methoxy groups -OCH3 is 3. The number of hydrogen-bond acceptors (Lipinski definition) is 7. The normalized spacial score (nSPS) is 19.6. The third-order valence-electron chi connectivity index (χ3n) is 6.66. The van der Waals surface area contributed by atoms with Crippen LogP contribution in [-0.4, -0.2) is 39.7 Å². The summed E-state index contributed by atoms with van der Waals surface area (Å²) in [5.74, 6) is 0.887. The van der Waals surface area contributed by atoms with Gasteiger partial charge in [-0.2, -0.15) is 0 Å². The summed E-state index contributed by atoms with van der Waals surface area (Å²) in [6, 6.07) is 13.2. The van der Waals surface area contributed by atoms with Gasteiger partial charge in [0.2, 0.25) is 0 Å². The molecule has 2 aromatic rings. The predicted octanol–water partition coefficient (Wildman–Crippen LogP) is 4.64. The highest BCUT2D eigenvalue weighted by Crippen LogP contribution is 2.48. The first-order valence-electron chi connectivity index (χ1n) is 11.7. The van der Waals surface area contributed by atoms with Gasteiger partial charge in [0.1, 0.15) is 17.2 Å². The fraction of sp³-hybridized carbons (Fsp3) is 0.357. The second-order valence-electron chi connectivity index (χ2n) is 8.62. The quantitative estimate of drug-likeness (QED) is 0.582. The van der Waals surface area contributed by atoms with Crippen molar-refractivity contribution < 1.29 is 28.5 Å². The molecule has 0 bridgehead atoms. The molecule has 7 heteroatoms. The van der Waals surface area contributed by atoms with Gasteiger partial charge in [-0.05, 0) is 62.1 Å². The number of carbonyl (C=O) groups is 2. The molecule has 1 aliphatic heterocycles. The number of benzene rings is 2. The molecule has 0 radical (unpaired) electrons. The van der Waals surface area contributed by atoms with Crippen LogP contribution in [0.1, 0.15) is 49.7 Å². The highest BCUT2D eigenvalue weighted by molar-refractivity contribution is 6.04. The molecular weight excluding hydrogens is 446 g/mol. The van der Waals surface area contributed by atoms with Gasteiger partial charge in [-0.3, -0.25) is 4.79 Å². The maximum absolute atomic E-state index is 13.7. The van der Waals surface area contributed by atoms with Crippen LogP contribution in [0.15, 0.2) is 65.0 Å². The summed E-state index contributed by atoms with van der Waals surface area (Å²) in [6.45, 7) is 3.84. The average Bonchev–Trinajstić information content (AvgIpc) is 2.87. The number of ether oxygens (including phenoxy) is 4. The van der Waals surface area contributed by atoms with E-state index in [2.05, 4.69) is 5.32 Å². The Kier molecular flexibility index (Phi) is 7.15. The van der Waals surface area contributed by atoms with Crippen molar-refractivity contribution in [3.63, 3.8) is 0 Å². The summed E-state index contributed by atoms with van der Waals surface area (Å²) in [5.41, 5.74) is 4.24. The molecule has 7 nitrogen and oxygen atoms in total. The number of hydrogen-bond donors (Lipinski definition) is 1. The van der Waals surface area contributed by atoms with E-state index in [-0.39, 0.29) is 18.3 Å². The second-order valence-corrected chi connectivity index (χ2v) is 8.62. The van der Waals surface area contributed by atoms with Gasteiger partial charge in [0.25, 0.3) is 0 Å². The minimum Gasteiger partial charge on any atom is -0.497 e. The van der Waals surface area contributed by atoms with Gasteiger partial charge < -0.3 is 24.3 Å². The molecule has 0 aromatic heterocycles. The van der Waals surface area contributed by atoms with Crippen LogP contribution >= 0.6 is 0 Å². The van der Waals surface area contributed by atoms with Gasteiger partial charge in [-0.15, -0.1) is 0 Å². The zero-order chi connectivity index (χ0) is 25.1. The zero-order valence-electron chi connectivity index (χ0n) is 20.8. The highest BCUT2D eigenvalue weighted by Gasteiger charge is 2.42. The molecule has 4 rings (SSSR count). The number of rotatable bonds is 7. The molecule has 0 amide bonds. The third kappa shape index (κ3) is 4.63. The van der Waals surface area contributed by atoms with Crippen molar-refractivity contribution in [1.29, 1.82) is 0 Å². The Morgan fingerprint density at radius 3 is 2.29 bits per heavy atom. The van der Waals surface area contributed by atoms with Crippen LogP contribution in [0.5, 0.6) is 17.2 Å². The molecular formula is C28H31NO6. The highest BCUT2D eigenvalue weighted by atomic mass is 16.5. The van der Waals surface area contributed by atoms with Gasteiger partial charge in [-0.25, -0.2) is 4.79 Å². The largest absolute Gasteiger partial charge is 0.497 e. The Balaban J connectivity index is 1.83. The van der Waals surface area contributed by atoms with E-state index in [1.54, 1.807) is 40.4 Å². The minimum atomic E-state index is -0.625. The van der Waals surface area contributed by atoms with Crippen molar-refractivity contribution in [1.82, 2.24) is 5.32 Å². The van der Waals surface area contributed by atoms with Crippen molar-refractivity contribution in [3.05, 3.63) is 76.1 Å². The van der Waals surface area contributed by atoms with E-state index in [0.29, 0.717) is 46.7 Å². The number of esters is 1. The standard InChI is InChI=1S/C28H31NO6/c1-6-35-28(31)25-16(2)29-22-13-18(17-7-9-19(32-3)10-8-17)14-23(30)27(22)26(25)21-15-20(33-4)11-12-24(21)34-5/h7-12,15,18,26,29H,6,13-14H2,1-5H3. The molecule has 2 unspecified atom stereocenters. The number of ketones is 1. The molecule has 0 spiro atoms. The van der Waals surface area contributed by atoms with E-state index in [1.807, 2.05) is 37.3 Å². The maximum Gasteiger partial charge on any atom is 0.336 e. The second kappa shape index (κ2) is 10.3. The van der Waals surface area contributed by atoms with Crippen molar-refractivity contribution in [2.24, 2.45) is 0 Å². The lowest BCUT2D eigenvalue weighted by Gasteiger charge is -2.37. The molecule has 1 N–H and O–H groups in total. The van der Waals surface area contributed by atoms with Crippen LogP contribution in [0, 0.1) is 0 Å². The Morgan fingerprint density at radius 1 is 0.971 bits per heavy atom. The van der Waals surface area contributed by atoms with Crippen LogP contribution in [0.3, 0.4) is 0 Å². The predicted molar refractivity (Wildman–Crippen MR) is 132 cm³/mol. The van der Waals surface area contributed by atoms with Gasteiger partial charge >= 0.3 is 5.97 Å². The summed E-state index contributed by atoms with van der Waals surface area (Å²) in [7, 11) is 4.79. The Morgan fingerprint density at radius 2 is 1.66 bits per heavy atom. The van der Waals surface area contributed by atoms with Gasteiger partial charge in [0, 0.05) is 29.0 Å². The summed E-state index contributed by atoms with van der Waals surface area (Å²) < 4.78 is 21.8. The molecule has 2 aliphatic rings. The number of nitrogens with one attached hydrogen (secondary N) is 1. The average molecular weight is 478 g/mol. The number of Topliss-reactive ketones (excluding diaryl/α,β-unsaturated/α-hetero) is 1.